The number of rotatable bonds is 4. The summed E-state index contributed by atoms with van der Waals surface area (Å²) in [6.07, 6.45) is 5.14. The molecule has 29 heavy (non-hydrogen) atoms. The van der Waals surface area contributed by atoms with Crippen LogP contribution in [0.15, 0.2) is 53.3 Å². The van der Waals surface area contributed by atoms with E-state index in [-0.39, 0.29) is 17.3 Å². The summed E-state index contributed by atoms with van der Waals surface area (Å²) < 4.78 is 7.42. The Morgan fingerprint density at radius 3 is 2.48 bits per heavy atom. The van der Waals surface area contributed by atoms with Crippen molar-refractivity contribution in [3.05, 3.63) is 58.8 Å². The van der Waals surface area contributed by atoms with Gasteiger partial charge in [-0.05, 0) is 31.0 Å². The number of nitrogens with zero attached hydrogens (tertiary/aromatic N) is 1. The normalized spacial score (nSPS) is 14.7. The van der Waals surface area contributed by atoms with E-state index in [1.807, 2.05) is 60.1 Å². The van der Waals surface area contributed by atoms with Gasteiger partial charge < -0.3 is 14.6 Å². The molecular formula is C24H26N2O3. The minimum absolute atomic E-state index is 0.00385. The van der Waals surface area contributed by atoms with Crippen LogP contribution < -0.4 is 15.5 Å². The van der Waals surface area contributed by atoms with E-state index in [0.717, 1.165) is 31.2 Å². The molecule has 1 N–H and O–H groups in total. The van der Waals surface area contributed by atoms with Crippen molar-refractivity contribution in [2.45, 2.75) is 32.1 Å². The Kier molecular flexibility index (Phi) is 5.38. The van der Waals surface area contributed by atoms with Crippen molar-refractivity contribution in [1.29, 1.82) is 0 Å². The van der Waals surface area contributed by atoms with Gasteiger partial charge in [-0.2, -0.15) is 0 Å². The van der Waals surface area contributed by atoms with Gasteiger partial charge in [0, 0.05) is 23.9 Å². The van der Waals surface area contributed by atoms with E-state index in [0.29, 0.717) is 28.1 Å². The minimum atomic E-state index is -0.109. The highest BCUT2D eigenvalue weighted by Crippen LogP contribution is 2.35. The smallest absolute Gasteiger partial charge is 0.228 e. The van der Waals surface area contributed by atoms with Crippen LogP contribution in [0.25, 0.3) is 22.0 Å². The molecule has 2 aromatic carbocycles. The predicted octanol–water partition coefficient (Wildman–Crippen LogP) is 4.73. The molecule has 1 saturated carbocycles. The summed E-state index contributed by atoms with van der Waals surface area (Å²) in [5.74, 6) is 1.11. The summed E-state index contributed by atoms with van der Waals surface area (Å²) in [6.45, 7) is 0. The zero-order valence-electron chi connectivity index (χ0n) is 16.9. The van der Waals surface area contributed by atoms with E-state index >= 15 is 0 Å². The first kappa shape index (κ1) is 19.2. The number of benzene rings is 2. The number of methoxy groups -OCH3 is 1. The summed E-state index contributed by atoms with van der Waals surface area (Å²) in [7, 11) is 3.47. The number of carbonyl (C=O) groups excluding carboxylic acids is 1. The monoisotopic (exact) mass is 390 g/mol. The number of anilines is 1. The molecule has 0 atom stereocenters. The van der Waals surface area contributed by atoms with Crippen molar-refractivity contribution in [3.63, 3.8) is 0 Å². The molecule has 4 rings (SSSR count). The highest BCUT2D eigenvalue weighted by molar-refractivity contribution is 5.99. The van der Waals surface area contributed by atoms with E-state index in [4.69, 9.17) is 4.74 Å². The number of hydrogen-bond donors (Lipinski definition) is 1. The molecule has 0 aliphatic heterocycles. The van der Waals surface area contributed by atoms with E-state index in [2.05, 4.69) is 5.32 Å². The Balaban J connectivity index is 1.93. The van der Waals surface area contributed by atoms with Crippen LogP contribution in [0.4, 0.5) is 5.82 Å². The van der Waals surface area contributed by atoms with E-state index in [9.17, 15) is 9.59 Å². The van der Waals surface area contributed by atoms with Crippen LogP contribution in [0.1, 0.15) is 32.1 Å². The Morgan fingerprint density at radius 2 is 1.72 bits per heavy atom. The van der Waals surface area contributed by atoms with Crippen molar-refractivity contribution >= 4 is 22.6 Å². The van der Waals surface area contributed by atoms with Crippen molar-refractivity contribution in [3.8, 4) is 16.9 Å². The van der Waals surface area contributed by atoms with Gasteiger partial charge in [-0.25, -0.2) is 0 Å². The number of fused-ring (bicyclic) bond motifs is 1. The van der Waals surface area contributed by atoms with Crippen LogP contribution in [0.2, 0.25) is 0 Å². The number of carbonyl (C=O) groups is 1. The third-order valence-electron chi connectivity index (χ3n) is 5.90. The van der Waals surface area contributed by atoms with Gasteiger partial charge in [0.2, 0.25) is 5.91 Å². The number of aryl methyl sites for hydroxylation is 1. The number of nitrogens with one attached hydrogen (secondary N) is 1. The molecule has 1 fully saturated rings. The molecule has 1 aliphatic rings. The first-order chi connectivity index (χ1) is 14.1. The standard InChI is InChI=1S/C24H26N2O3/c1-26-19-14-8-6-12-17(19)22(27)21(18-13-7-9-15-20(18)29-2)23(26)25-24(28)16-10-4-3-5-11-16/h6-9,12-16H,3-5,10-11H2,1-2H3,(H,25,28). The lowest BCUT2D eigenvalue weighted by Crippen LogP contribution is -2.28. The molecule has 1 aliphatic carbocycles. The molecule has 1 aromatic heterocycles. The van der Waals surface area contributed by atoms with Gasteiger partial charge in [0.1, 0.15) is 11.6 Å². The van der Waals surface area contributed by atoms with Crippen LogP contribution in [0.3, 0.4) is 0 Å². The summed E-state index contributed by atoms with van der Waals surface area (Å²) in [4.78, 5) is 26.6. The lowest BCUT2D eigenvalue weighted by atomic mass is 9.88. The van der Waals surface area contributed by atoms with Gasteiger partial charge in [0.15, 0.2) is 5.43 Å². The highest BCUT2D eigenvalue weighted by Gasteiger charge is 2.25. The Morgan fingerprint density at radius 1 is 1.03 bits per heavy atom. The Hall–Kier alpha value is -3.08. The fraction of sp³-hybridized carbons (Fsp3) is 0.333. The second kappa shape index (κ2) is 8.11. The molecule has 1 heterocycles. The van der Waals surface area contributed by atoms with E-state index in [1.54, 1.807) is 7.11 Å². The molecule has 5 nitrogen and oxygen atoms in total. The zero-order chi connectivity index (χ0) is 20.4. The molecular weight excluding hydrogens is 364 g/mol. The maximum Gasteiger partial charge on any atom is 0.228 e. The molecule has 0 unspecified atom stereocenters. The van der Waals surface area contributed by atoms with E-state index < -0.39 is 0 Å². The van der Waals surface area contributed by atoms with Crippen LogP contribution in [0.5, 0.6) is 5.75 Å². The average molecular weight is 390 g/mol. The quantitative estimate of drug-likeness (QED) is 0.700. The van der Waals surface area contributed by atoms with Crippen LogP contribution >= 0.6 is 0 Å². The van der Waals surface area contributed by atoms with Gasteiger partial charge in [-0.1, -0.05) is 49.6 Å². The number of amides is 1. The third-order valence-corrected chi connectivity index (χ3v) is 5.90. The number of pyridine rings is 1. The Bertz CT molecular complexity index is 1110. The first-order valence-corrected chi connectivity index (χ1v) is 10.2. The zero-order valence-corrected chi connectivity index (χ0v) is 16.9. The largest absolute Gasteiger partial charge is 0.496 e. The average Bonchev–Trinajstić information content (AvgIpc) is 2.78. The molecule has 0 bridgehead atoms. The first-order valence-electron chi connectivity index (χ1n) is 10.2. The lowest BCUT2D eigenvalue weighted by Gasteiger charge is -2.24. The number of hydrogen-bond acceptors (Lipinski definition) is 3. The van der Waals surface area contributed by atoms with Crippen LogP contribution in [-0.4, -0.2) is 17.6 Å². The summed E-state index contributed by atoms with van der Waals surface area (Å²) in [5.41, 5.74) is 1.82. The SMILES string of the molecule is COc1ccccc1-c1c(NC(=O)C2CCCCC2)n(C)c2ccccc2c1=O. The van der Waals surface area contributed by atoms with Crippen molar-refractivity contribution in [2.24, 2.45) is 13.0 Å². The van der Waals surface area contributed by atoms with Crippen LogP contribution in [0, 0.1) is 5.92 Å². The van der Waals surface area contributed by atoms with Gasteiger partial charge >= 0.3 is 0 Å². The molecule has 0 saturated heterocycles. The fourth-order valence-corrected chi connectivity index (χ4v) is 4.32. The molecule has 150 valence electrons. The molecule has 1 amide bonds. The summed E-state index contributed by atoms with van der Waals surface area (Å²) in [6, 6.07) is 14.9. The topological polar surface area (TPSA) is 60.3 Å². The molecule has 0 radical (unpaired) electrons. The number of aromatic nitrogens is 1. The molecule has 5 heteroatoms. The summed E-state index contributed by atoms with van der Waals surface area (Å²) >= 11 is 0. The highest BCUT2D eigenvalue weighted by atomic mass is 16.5. The van der Waals surface area contributed by atoms with Gasteiger partial charge in [-0.15, -0.1) is 0 Å². The second-order valence-electron chi connectivity index (χ2n) is 7.65. The van der Waals surface area contributed by atoms with Crippen molar-refractivity contribution in [1.82, 2.24) is 4.57 Å². The number of ether oxygens (including phenoxy) is 1. The minimum Gasteiger partial charge on any atom is -0.496 e. The van der Waals surface area contributed by atoms with E-state index in [1.165, 1.54) is 6.42 Å². The lowest BCUT2D eigenvalue weighted by molar-refractivity contribution is -0.120. The maximum absolute atomic E-state index is 13.5. The van der Waals surface area contributed by atoms with Crippen molar-refractivity contribution < 1.29 is 9.53 Å². The van der Waals surface area contributed by atoms with Gasteiger partial charge in [0.05, 0.1) is 18.2 Å². The van der Waals surface area contributed by atoms with Gasteiger partial charge in [0.25, 0.3) is 0 Å². The maximum atomic E-state index is 13.5. The third kappa shape index (κ3) is 3.53. The number of para-hydroxylation sites is 2. The molecule has 3 aromatic rings. The molecule has 0 spiro atoms. The second-order valence-corrected chi connectivity index (χ2v) is 7.65. The Labute approximate surface area is 170 Å². The van der Waals surface area contributed by atoms with Gasteiger partial charge in [-0.3, -0.25) is 9.59 Å². The predicted molar refractivity (Wildman–Crippen MR) is 116 cm³/mol. The fourth-order valence-electron chi connectivity index (χ4n) is 4.32. The van der Waals surface area contributed by atoms with Crippen LogP contribution in [-0.2, 0) is 11.8 Å². The summed E-state index contributed by atoms with van der Waals surface area (Å²) in [5, 5.41) is 3.72. The van der Waals surface area contributed by atoms with Crippen molar-refractivity contribution in [2.75, 3.05) is 12.4 Å².